The van der Waals surface area contributed by atoms with E-state index >= 15 is 0 Å². The lowest BCUT2D eigenvalue weighted by molar-refractivity contribution is 0.0925. The molecule has 1 N–H and O–H groups in total. The van der Waals surface area contributed by atoms with Gasteiger partial charge in [0.1, 0.15) is 5.75 Å². The molecule has 0 spiro atoms. The zero-order chi connectivity index (χ0) is 22.0. The number of nitrogens with one attached hydrogen (secondary N) is 1. The van der Waals surface area contributed by atoms with Crippen LogP contribution in [0.5, 0.6) is 5.75 Å². The Kier molecular flexibility index (Phi) is 6.13. The number of aryl methyl sites for hydroxylation is 1. The summed E-state index contributed by atoms with van der Waals surface area (Å²) in [7, 11) is -2.32. The number of aromatic nitrogens is 1. The normalized spacial score (nSPS) is 16.8. The van der Waals surface area contributed by atoms with Gasteiger partial charge in [0.2, 0.25) is 10.0 Å². The monoisotopic (exact) mass is 442 g/mol. The molecule has 8 heteroatoms. The molecule has 1 saturated heterocycles. The van der Waals surface area contributed by atoms with Gasteiger partial charge in [0.15, 0.2) is 0 Å². The summed E-state index contributed by atoms with van der Waals surface area (Å²) in [6.45, 7) is 2.76. The maximum Gasteiger partial charge on any atom is 0.252 e. The molecule has 4 rings (SSSR count). The zero-order valence-electron chi connectivity index (χ0n) is 17.6. The number of aromatic amines is 1. The van der Waals surface area contributed by atoms with Crippen LogP contribution in [0.4, 0.5) is 0 Å². The molecule has 0 bridgehead atoms. The Morgan fingerprint density at radius 1 is 1.16 bits per heavy atom. The number of sulfonamides is 1. The summed E-state index contributed by atoms with van der Waals surface area (Å²) in [6, 6.07) is 13.8. The smallest absolute Gasteiger partial charge is 0.252 e. The van der Waals surface area contributed by atoms with Gasteiger partial charge in [0, 0.05) is 30.8 Å². The third kappa shape index (κ3) is 4.66. The van der Waals surface area contributed by atoms with Crippen LogP contribution in [-0.4, -0.2) is 44.1 Å². The lowest BCUT2D eigenvalue weighted by Crippen LogP contribution is -2.38. The van der Waals surface area contributed by atoms with E-state index in [0.29, 0.717) is 17.9 Å². The molecule has 0 saturated carbocycles. The van der Waals surface area contributed by atoms with E-state index in [1.165, 1.54) is 23.5 Å². The summed E-state index contributed by atoms with van der Waals surface area (Å²) >= 11 is 0. The van der Waals surface area contributed by atoms with Gasteiger partial charge >= 0.3 is 0 Å². The largest absolute Gasteiger partial charge is 0.497 e. The number of nitrogens with zero attached hydrogens (tertiary/aromatic N) is 1. The molecule has 164 valence electrons. The average molecular weight is 443 g/mol. The molecule has 0 aliphatic carbocycles. The molecule has 1 fully saturated rings. The summed E-state index contributed by atoms with van der Waals surface area (Å²) in [6.07, 6.45) is 1.51. The van der Waals surface area contributed by atoms with Crippen LogP contribution in [-0.2, 0) is 21.3 Å². The van der Waals surface area contributed by atoms with Gasteiger partial charge in [-0.3, -0.25) is 4.79 Å². The van der Waals surface area contributed by atoms with Crippen LogP contribution in [0, 0.1) is 6.92 Å². The van der Waals surface area contributed by atoms with E-state index in [1.54, 1.807) is 18.2 Å². The third-order valence-electron chi connectivity index (χ3n) is 5.55. The Balaban J connectivity index is 1.71. The maximum atomic E-state index is 13.5. The second-order valence-electron chi connectivity index (χ2n) is 7.82. The zero-order valence-corrected chi connectivity index (χ0v) is 18.4. The quantitative estimate of drug-likeness (QED) is 0.607. The van der Waals surface area contributed by atoms with E-state index < -0.39 is 10.0 Å². The van der Waals surface area contributed by atoms with Gasteiger partial charge in [0.05, 0.1) is 18.1 Å². The van der Waals surface area contributed by atoms with Crippen molar-refractivity contribution in [2.75, 3.05) is 20.3 Å². The number of ether oxygens (including phenoxy) is 2. The van der Waals surface area contributed by atoms with Crippen molar-refractivity contribution >= 4 is 20.9 Å². The molecule has 0 unspecified atom stereocenters. The Hall–Kier alpha value is -2.68. The maximum absolute atomic E-state index is 13.5. The first kappa shape index (κ1) is 21.5. The predicted octanol–water partition coefficient (Wildman–Crippen LogP) is 3.22. The molecule has 1 aliphatic heterocycles. The first-order valence-electron chi connectivity index (χ1n) is 10.3. The van der Waals surface area contributed by atoms with E-state index in [4.69, 9.17) is 9.47 Å². The fourth-order valence-corrected chi connectivity index (χ4v) is 5.29. The highest BCUT2D eigenvalue weighted by Crippen LogP contribution is 2.24. The van der Waals surface area contributed by atoms with Crippen molar-refractivity contribution in [3.63, 3.8) is 0 Å². The van der Waals surface area contributed by atoms with Gasteiger partial charge in [-0.2, -0.15) is 4.31 Å². The van der Waals surface area contributed by atoms with E-state index in [9.17, 15) is 13.2 Å². The number of H-pyrrole nitrogens is 1. The number of methoxy groups -OCH3 is 1. The van der Waals surface area contributed by atoms with Gasteiger partial charge in [-0.25, -0.2) is 8.42 Å². The highest BCUT2D eigenvalue weighted by atomic mass is 32.2. The second-order valence-corrected chi connectivity index (χ2v) is 9.76. The highest BCUT2D eigenvalue weighted by molar-refractivity contribution is 7.89. The lowest BCUT2D eigenvalue weighted by atomic mass is 10.1. The SMILES string of the molecule is COc1ccc(S(=O)(=O)N(Cc2cc3cc(C)ccc3[nH]c2=O)C[C@@H]2CCCO2)cc1. The number of fused-ring (bicyclic) bond motifs is 1. The number of hydrogen-bond donors (Lipinski definition) is 1. The van der Waals surface area contributed by atoms with Crippen molar-refractivity contribution in [3.05, 3.63) is 70.0 Å². The molecule has 0 amide bonds. The third-order valence-corrected chi connectivity index (χ3v) is 7.38. The fourth-order valence-electron chi connectivity index (χ4n) is 3.84. The Labute approximate surface area is 181 Å². The van der Waals surface area contributed by atoms with Gasteiger partial charge in [0.25, 0.3) is 5.56 Å². The molecule has 0 radical (unpaired) electrons. The van der Waals surface area contributed by atoms with Crippen molar-refractivity contribution in [1.82, 2.24) is 9.29 Å². The summed E-state index contributed by atoms with van der Waals surface area (Å²) in [4.78, 5) is 15.7. The molecule has 2 heterocycles. The van der Waals surface area contributed by atoms with Crippen molar-refractivity contribution < 1.29 is 17.9 Å². The number of hydrogen-bond acceptors (Lipinski definition) is 5. The van der Waals surface area contributed by atoms with Gasteiger partial charge < -0.3 is 14.5 Å². The minimum Gasteiger partial charge on any atom is -0.497 e. The average Bonchev–Trinajstić information content (AvgIpc) is 3.27. The van der Waals surface area contributed by atoms with Gasteiger partial charge in [-0.05, 0) is 67.6 Å². The first-order chi connectivity index (χ1) is 14.9. The van der Waals surface area contributed by atoms with Crippen LogP contribution in [0.3, 0.4) is 0 Å². The van der Waals surface area contributed by atoms with Gasteiger partial charge in [-0.1, -0.05) is 11.6 Å². The van der Waals surface area contributed by atoms with E-state index in [-0.39, 0.29) is 29.6 Å². The van der Waals surface area contributed by atoms with Crippen molar-refractivity contribution in [1.29, 1.82) is 0 Å². The molecule has 31 heavy (non-hydrogen) atoms. The minimum atomic E-state index is -3.84. The summed E-state index contributed by atoms with van der Waals surface area (Å²) in [5, 5.41) is 0.869. The number of rotatable bonds is 7. The van der Waals surface area contributed by atoms with E-state index in [2.05, 4.69) is 4.98 Å². The van der Waals surface area contributed by atoms with E-state index in [0.717, 1.165) is 29.3 Å². The standard InChI is InChI=1S/C23H26N2O5S/c1-16-5-10-22-17(12-16)13-18(23(26)24-22)14-25(15-20-4-3-11-30-20)31(27,28)21-8-6-19(29-2)7-9-21/h5-10,12-13,20H,3-4,11,14-15H2,1-2H3,(H,24,26)/t20-/m0/s1. The van der Waals surface area contributed by atoms with Crippen molar-refractivity contribution in [3.8, 4) is 5.75 Å². The molecule has 1 aromatic heterocycles. The summed E-state index contributed by atoms with van der Waals surface area (Å²) in [5.41, 5.74) is 1.89. The number of pyridine rings is 1. The van der Waals surface area contributed by atoms with Crippen LogP contribution >= 0.6 is 0 Å². The second kappa shape index (κ2) is 8.82. The molecular weight excluding hydrogens is 416 g/mol. The van der Waals surface area contributed by atoms with Crippen LogP contribution in [0.1, 0.15) is 24.0 Å². The molecule has 3 aromatic rings. The Bertz CT molecular complexity index is 1230. The van der Waals surface area contributed by atoms with Crippen LogP contribution in [0.25, 0.3) is 10.9 Å². The van der Waals surface area contributed by atoms with Crippen molar-refractivity contribution in [2.45, 2.75) is 37.3 Å². The van der Waals surface area contributed by atoms with Crippen LogP contribution in [0.2, 0.25) is 0 Å². The Morgan fingerprint density at radius 3 is 2.61 bits per heavy atom. The fraction of sp³-hybridized carbons (Fsp3) is 0.348. The molecule has 1 atom stereocenters. The number of benzene rings is 2. The van der Waals surface area contributed by atoms with Crippen molar-refractivity contribution in [2.24, 2.45) is 0 Å². The summed E-state index contributed by atoms with van der Waals surface area (Å²) < 4.78 is 39.1. The molecule has 1 aliphatic rings. The molecule has 2 aromatic carbocycles. The molecular formula is C23H26N2O5S. The van der Waals surface area contributed by atoms with Crippen LogP contribution in [0.15, 0.2) is 58.2 Å². The minimum absolute atomic E-state index is 0.0343. The predicted molar refractivity (Wildman–Crippen MR) is 119 cm³/mol. The van der Waals surface area contributed by atoms with Gasteiger partial charge in [-0.15, -0.1) is 0 Å². The van der Waals surface area contributed by atoms with Crippen LogP contribution < -0.4 is 10.3 Å². The summed E-state index contributed by atoms with van der Waals surface area (Å²) in [5.74, 6) is 0.575. The van der Waals surface area contributed by atoms with E-state index in [1.807, 2.05) is 25.1 Å². The lowest BCUT2D eigenvalue weighted by Gasteiger charge is -2.25. The molecule has 7 nitrogen and oxygen atoms in total. The first-order valence-corrected chi connectivity index (χ1v) is 11.7. The topological polar surface area (TPSA) is 88.7 Å². The highest BCUT2D eigenvalue weighted by Gasteiger charge is 2.30. The Morgan fingerprint density at radius 2 is 1.94 bits per heavy atom.